The third kappa shape index (κ3) is 2.82. The maximum Gasteiger partial charge on any atom is 0.275 e. The van der Waals surface area contributed by atoms with Crippen LogP contribution in [0.15, 0.2) is 23.0 Å². The molecule has 0 radical (unpaired) electrons. The highest BCUT2D eigenvalue weighted by Gasteiger charge is 2.16. The third-order valence-corrected chi connectivity index (χ3v) is 3.28. The number of nitrogens with zero attached hydrogens (tertiary/aromatic N) is 2. The number of aromatic nitrogens is 2. The van der Waals surface area contributed by atoms with Gasteiger partial charge in [-0.05, 0) is 24.6 Å². The summed E-state index contributed by atoms with van der Waals surface area (Å²) in [6.45, 7) is 2.56. The molecular formula is C14H16ClN3O2. The van der Waals surface area contributed by atoms with Gasteiger partial charge in [0.05, 0.1) is 10.9 Å². The van der Waals surface area contributed by atoms with Gasteiger partial charge in [0.1, 0.15) is 0 Å². The first-order valence-electron chi connectivity index (χ1n) is 6.49. The zero-order valence-electron chi connectivity index (χ0n) is 11.4. The van der Waals surface area contributed by atoms with Gasteiger partial charge in [-0.1, -0.05) is 24.9 Å². The lowest BCUT2D eigenvalue weighted by Crippen LogP contribution is -2.32. The number of aryl methyl sites for hydroxylation is 1. The molecule has 0 aliphatic rings. The molecule has 1 amide bonds. The van der Waals surface area contributed by atoms with Gasteiger partial charge >= 0.3 is 0 Å². The highest BCUT2D eigenvalue weighted by molar-refractivity contribution is 6.31. The zero-order valence-corrected chi connectivity index (χ0v) is 12.2. The van der Waals surface area contributed by atoms with E-state index < -0.39 is 11.3 Å². The van der Waals surface area contributed by atoms with Crippen molar-refractivity contribution < 1.29 is 4.79 Å². The Morgan fingerprint density at radius 2 is 2.20 bits per heavy atom. The Balaban J connectivity index is 2.47. The number of amides is 1. The van der Waals surface area contributed by atoms with E-state index in [1.807, 2.05) is 6.92 Å². The van der Waals surface area contributed by atoms with Gasteiger partial charge in [-0.15, -0.1) is 0 Å². The van der Waals surface area contributed by atoms with Crippen LogP contribution < -0.4 is 10.7 Å². The Hall–Kier alpha value is -1.88. The fraction of sp³-hybridized carbons (Fsp3) is 0.357. The van der Waals surface area contributed by atoms with Gasteiger partial charge in [0.2, 0.25) is 5.43 Å². The molecule has 0 aliphatic heterocycles. The largest absolute Gasteiger partial charge is 0.351 e. The van der Waals surface area contributed by atoms with Gasteiger partial charge in [0, 0.05) is 18.6 Å². The number of halogens is 1. The number of benzene rings is 1. The van der Waals surface area contributed by atoms with Crippen LogP contribution >= 0.6 is 11.6 Å². The van der Waals surface area contributed by atoms with Crippen LogP contribution in [0.5, 0.6) is 0 Å². The van der Waals surface area contributed by atoms with Crippen molar-refractivity contribution in [1.29, 1.82) is 0 Å². The Morgan fingerprint density at radius 1 is 1.45 bits per heavy atom. The summed E-state index contributed by atoms with van der Waals surface area (Å²) < 4.78 is 1.52. The standard InChI is InChI=1S/C14H16ClN3O2/c1-3-4-7-16-14(20)12-13(19)10-8-9(15)5-6-11(10)18(2)17-12/h5-6,8H,3-4,7H2,1-2H3,(H,16,20). The van der Waals surface area contributed by atoms with E-state index in [2.05, 4.69) is 10.4 Å². The van der Waals surface area contributed by atoms with E-state index in [9.17, 15) is 9.59 Å². The van der Waals surface area contributed by atoms with E-state index in [0.717, 1.165) is 12.8 Å². The molecule has 0 bridgehead atoms. The normalized spacial score (nSPS) is 10.8. The summed E-state index contributed by atoms with van der Waals surface area (Å²) in [5.74, 6) is -0.444. The summed E-state index contributed by atoms with van der Waals surface area (Å²) in [5.41, 5.74) is 0.150. The number of rotatable bonds is 4. The number of hydrogen-bond acceptors (Lipinski definition) is 3. The van der Waals surface area contributed by atoms with Crippen molar-refractivity contribution in [3.63, 3.8) is 0 Å². The molecule has 106 valence electrons. The van der Waals surface area contributed by atoms with Crippen molar-refractivity contribution in [1.82, 2.24) is 15.1 Å². The summed E-state index contributed by atoms with van der Waals surface area (Å²) >= 11 is 5.91. The van der Waals surface area contributed by atoms with Crippen molar-refractivity contribution in [3.8, 4) is 0 Å². The van der Waals surface area contributed by atoms with Crippen molar-refractivity contribution >= 4 is 28.4 Å². The van der Waals surface area contributed by atoms with Crippen LogP contribution in [-0.2, 0) is 7.05 Å². The molecule has 6 heteroatoms. The number of nitrogens with one attached hydrogen (secondary N) is 1. The average molecular weight is 294 g/mol. The minimum Gasteiger partial charge on any atom is -0.351 e. The quantitative estimate of drug-likeness (QED) is 0.878. The van der Waals surface area contributed by atoms with Gasteiger partial charge in [-0.25, -0.2) is 0 Å². The number of carbonyl (C=O) groups is 1. The molecule has 0 unspecified atom stereocenters. The van der Waals surface area contributed by atoms with Gasteiger partial charge < -0.3 is 5.32 Å². The summed E-state index contributed by atoms with van der Waals surface area (Å²) in [4.78, 5) is 24.3. The van der Waals surface area contributed by atoms with Gasteiger partial charge in [-0.2, -0.15) is 5.10 Å². The average Bonchev–Trinajstić information content (AvgIpc) is 2.42. The Bertz CT molecular complexity index is 709. The smallest absolute Gasteiger partial charge is 0.275 e. The second-order valence-electron chi connectivity index (χ2n) is 4.57. The molecule has 0 aliphatic carbocycles. The first kappa shape index (κ1) is 14.5. The second-order valence-corrected chi connectivity index (χ2v) is 5.01. The van der Waals surface area contributed by atoms with Crippen molar-refractivity contribution in [2.45, 2.75) is 19.8 Å². The van der Waals surface area contributed by atoms with Crippen LogP contribution in [0.1, 0.15) is 30.3 Å². The molecule has 1 heterocycles. The highest BCUT2D eigenvalue weighted by atomic mass is 35.5. The van der Waals surface area contributed by atoms with Crippen molar-refractivity contribution in [2.75, 3.05) is 6.54 Å². The Labute approximate surface area is 121 Å². The second kappa shape index (κ2) is 6.05. The van der Waals surface area contributed by atoms with E-state index in [1.54, 1.807) is 25.2 Å². The van der Waals surface area contributed by atoms with Crippen molar-refractivity contribution in [3.05, 3.63) is 39.1 Å². The fourth-order valence-electron chi connectivity index (χ4n) is 1.96. The highest BCUT2D eigenvalue weighted by Crippen LogP contribution is 2.15. The van der Waals surface area contributed by atoms with E-state index in [-0.39, 0.29) is 5.69 Å². The Morgan fingerprint density at radius 3 is 2.90 bits per heavy atom. The predicted octanol–water partition coefficient (Wildman–Crippen LogP) is 2.12. The third-order valence-electron chi connectivity index (χ3n) is 3.05. The number of fused-ring (bicyclic) bond motifs is 1. The lowest BCUT2D eigenvalue weighted by molar-refractivity contribution is 0.0945. The molecule has 0 saturated heterocycles. The molecule has 2 rings (SSSR count). The monoisotopic (exact) mass is 293 g/mol. The number of carbonyl (C=O) groups excluding carboxylic acids is 1. The van der Waals surface area contributed by atoms with E-state index in [0.29, 0.717) is 22.5 Å². The summed E-state index contributed by atoms with van der Waals surface area (Å²) in [7, 11) is 1.69. The van der Waals surface area contributed by atoms with Crippen LogP contribution in [0.2, 0.25) is 5.02 Å². The summed E-state index contributed by atoms with van der Waals surface area (Å²) in [6.07, 6.45) is 1.84. The maximum atomic E-state index is 12.3. The lowest BCUT2D eigenvalue weighted by atomic mass is 10.2. The SMILES string of the molecule is CCCCNC(=O)c1nn(C)c2ccc(Cl)cc2c1=O. The van der Waals surface area contributed by atoms with E-state index >= 15 is 0 Å². The molecule has 1 aromatic heterocycles. The molecule has 5 nitrogen and oxygen atoms in total. The summed E-state index contributed by atoms with van der Waals surface area (Å²) in [6, 6.07) is 4.96. The fourth-order valence-corrected chi connectivity index (χ4v) is 2.13. The van der Waals surface area contributed by atoms with Crippen LogP contribution in [0.3, 0.4) is 0 Å². The van der Waals surface area contributed by atoms with Crippen LogP contribution in [0.4, 0.5) is 0 Å². The van der Waals surface area contributed by atoms with Crippen molar-refractivity contribution in [2.24, 2.45) is 7.05 Å². The molecule has 0 fully saturated rings. The first-order chi connectivity index (χ1) is 9.54. The minimum atomic E-state index is -0.444. The zero-order chi connectivity index (χ0) is 14.7. The molecule has 0 atom stereocenters. The van der Waals surface area contributed by atoms with Gasteiger partial charge in [0.15, 0.2) is 5.69 Å². The van der Waals surface area contributed by atoms with Gasteiger partial charge in [-0.3, -0.25) is 14.3 Å². The molecule has 1 aromatic carbocycles. The molecule has 1 N–H and O–H groups in total. The summed E-state index contributed by atoms with van der Waals surface area (Å²) in [5, 5.41) is 7.61. The molecule has 0 saturated carbocycles. The van der Waals surface area contributed by atoms with E-state index in [4.69, 9.17) is 11.6 Å². The molecule has 0 spiro atoms. The molecular weight excluding hydrogens is 278 g/mol. The van der Waals surface area contributed by atoms with Gasteiger partial charge in [0.25, 0.3) is 5.91 Å². The maximum absolute atomic E-state index is 12.3. The van der Waals surface area contributed by atoms with Crippen LogP contribution in [0, 0.1) is 0 Å². The van der Waals surface area contributed by atoms with E-state index in [1.165, 1.54) is 4.68 Å². The molecule has 20 heavy (non-hydrogen) atoms. The number of unbranched alkanes of at least 4 members (excludes halogenated alkanes) is 1. The van der Waals surface area contributed by atoms with Crippen LogP contribution in [0.25, 0.3) is 10.9 Å². The molecule has 2 aromatic rings. The minimum absolute atomic E-state index is 0.0987. The first-order valence-corrected chi connectivity index (χ1v) is 6.87. The number of hydrogen-bond donors (Lipinski definition) is 1. The van der Waals surface area contributed by atoms with Crippen LogP contribution in [-0.4, -0.2) is 22.2 Å². The topological polar surface area (TPSA) is 64.0 Å². The predicted molar refractivity (Wildman–Crippen MR) is 79.2 cm³/mol. The Kier molecular flexibility index (Phi) is 4.39. The lowest BCUT2D eigenvalue weighted by Gasteiger charge is -2.08.